The standard InChI is InChI=1S/C22H20F2N2O3S/c1-21-10-16(11-27)29-12-22(21,17-8-7-15(23)9-18(17)24)26-20(30-13-21)25-19(28)14-5-3-2-4-6-14/h2-9,11,16H,10,12-13H2,1H3,(H,25,26,28)/t16-,21+,22-/m1/s1. The highest BCUT2D eigenvalue weighted by atomic mass is 32.2. The highest BCUT2D eigenvalue weighted by molar-refractivity contribution is 8.14. The van der Waals surface area contributed by atoms with Crippen LogP contribution in [0.5, 0.6) is 0 Å². The molecule has 2 aromatic carbocycles. The van der Waals surface area contributed by atoms with Crippen LogP contribution in [0.1, 0.15) is 29.3 Å². The van der Waals surface area contributed by atoms with Gasteiger partial charge in [0.2, 0.25) is 0 Å². The Kier molecular flexibility index (Phi) is 5.46. The number of carbonyl (C=O) groups excluding carboxylic acids is 2. The molecule has 30 heavy (non-hydrogen) atoms. The first-order valence-electron chi connectivity index (χ1n) is 9.48. The molecule has 0 radical (unpaired) electrons. The summed E-state index contributed by atoms with van der Waals surface area (Å²) < 4.78 is 34.1. The largest absolute Gasteiger partial charge is 0.368 e. The number of halogens is 2. The third-order valence-electron chi connectivity index (χ3n) is 5.76. The Labute approximate surface area is 176 Å². The maximum Gasteiger partial charge on any atom is 0.257 e. The molecule has 2 heterocycles. The van der Waals surface area contributed by atoms with Crippen molar-refractivity contribution in [2.24, 2.45) is 10.4 Å². The quantitative estimate of drug-likeness (QED) is 0.755. The van der Waals surface area contributed by atoms with Crippen LogP contribution < -0.4 is 5.32 Å². The van der Waals surface area contributed by atoms with Gasteiger partial charge in [-0.1, -0.05) is 43.0 Å². The highest BCUT2D eigenvalue weighted by Crippen LogP contribution is 2.54. The van der Waals surface area contributed by atoms with Crippen molar-refractivity contribution in [3.63, 3.8) is 0 Å². The minimum absolute atomic E-state index is 0.0548. The molecule has 1 fully saturated rings. The van der Waals surface area contributed by atoms with Gasteiger partial charge in [0.1, 0.15) is 29.6 Å². The maximum absolute atomic E-state index is 14.9. The van der Waals surface area contributed by atoms with Crippen molar-refractivity contribution in [1.29, 1.82) is 0 Å². The lowest BCUT2D eigenvalue weighted by Crippen LogP contribution is -2.57. The van der Waals surface area contributed by atoms with E-state index < -0.39 is 28.7 Å². The SMILES string of the molecule is C[C@]12CSC(NC(=O)c3ccccc3)=N[C@@]1(c1ccc(F)cc1F)CO[C@@H](C=O)C2. The molecule has 156 valence electrons. The van der Waals surface area contributed by atoms with Gasteiger partial charge in [0.25, 0.3) is 5.91 Å². The molecule has 5 nitrogen and oxygen atoms in total. The number of fused-ring (bicyclic) bond motifs is 1. The van der Waals surface area contributed by atoms with Gasteiger partial charge in [-0.2, -0.15) is 0 Å². The minimum Gasteiger partial charge on any atom is -0.368 e. The molecule has 1 saturated heterocycles. The second-order valence-corrected chi connectivity index (χ2v) is 8.72. The number of aliphatic imine (C=N–C) groups is 1. The van der Waals surface area contributed by atoms with E-state index in [4.69, 9.17) is 9.73 Å². The summed E-state index contributed by atoms with van der Waals surface area (Å²) in [6.45, 7) is 1.86. The molecule has 0 spiro atoms. The van der Waals surface area contributed by atoms with Crippen LogP contribution in [0.2, 0.25) is 0 Å². The summed E-state index contributed by atoms with van der Waals surface area (Å²) >= 11 is 1.34. The predicted molar refractivity (Wildman–Crippen MR) is 110 cm³/mol. The van der Waals surface area contributed by atoms with Crippen LogP contribution in [0.3, 0.4) is 0 Å². The Morgan fingerprint density at radius 2 is 2.03 bits per heavy atom. The summed E-state index contributed by atoms with van der Waals surface area (Å²) in [5.74, 6) is -1.28. The number of hydrogen-bond donors (Lipinski definition) is 1. The van der Waals surface area contributed by atoms with Gasteiger partial charge in [0, 0.05) is 28.4 Å². The van der Waals surface area contributed by atoms with E-state index in [9.17, 15) is 18.4 Å². The third kappa shape index (κ3) is 3.54. The zero-order valence-corrected chi connectivity index (χ0v) is 17.0. The zero-order valence-electron chi connectivity index (χ0n) is 16.2. The summed E-state index contributed by atoms with van der Waals surface area (Å²) in [7, 11) is 0. The van der Waals surface area contributed by atoms with Crippen LogP contribution in [0.25, 0.3) is 0 Å². The van der Waals surface area contributed by atoms with Gasteiger partial charge in [0.15, 0.2) is 5.17 Å². The number of benzene rings is 2. The number of carbonyl (C=O) groups is 2. The number of amides is 1. The van der Waals surface area contributed by atoms with Crippen molar-refractivity contribution in [3.05, 3.63) is 71.3 Å². The Balaban J connectivity index is 1.76. The van der Waals surface area contributed by atoms with E-state index in [2.05, 4.69) is 5.32 Å². The van der Waals surface area contributed by atoms with E-state index >= 15 is 0 Å². The number of nitrogens with zero attached hydrogens (tertiary/aromatic N) is 1. The van der Waals surface area contributed by atoms with Crippen molar-refractivity contribution >= 4 is 29.1 Å². The first kappa shape index (κ1) is 20.7. The van der Waals surface area contributed by atoms with E-state index in [0.29, 0.717) is 22.9 Å². The van der Waals surface area contributed by atoms with Gasteiger partial charge in [-0.15, -0.1) is 0 Å². The molecule has 2 aliphatic heterocycles. The van der Waals surface area contributed by atoms with E-state index in [1.807, 2.05) is 13.0 Å². The summed E-state index contributed by atoms with van der Waals surface area (Å²) in [5.41, 5.74) is -1.18. The summed E-state index contributed by atoms with van der Waals surface area (Å²) in [6.07, 6.45) is 0.448. The van der Waals surface area contributed by atoms with Crippen LogP contribution in [-0.2, 0) is 15.1 Å². The fourth-order valence-electron chi connectivity index (χ4n) is 4.05. The number of ether oxygens (including phenoxy) is 1. The predicted octanol–water partition coefficient (Wildman–Crippen LogP) is 3.69. The number of rotatable bonds is 3. The van der Waals surface area contributed by atoms with Crippen LogP contribution in [0, 0.1) is 17.0 Å². The molecule has 1 N–H and O–H groups in total. The molecule has 1 amide bonds. The summed E-state index contributed by atoms with van der Waals surface area (Å²) in [6, 6.07) is 12.0. The number of aldehydes is 1. The molecule has 0 aliphatic carbocycles. The normalized spacial score (nSPS) is 28.2. The van der Waals surface area contributed by atoms with Gasteiger partial charge in [-0.3, -0.25) is 4.79 Å². The van der Waals surface area contributed by atoms with Crippen LogP contribution >= 0.6 is 11.8 Å². The van der Waals surface area contributed by atoms with Crippen molar-refractivity contribution in [3.8, 4) is 0 Å². The summed E-state index contributed by atoms with van der Waals surface area (Å²) in [4.78, 5) is 28.7. The van der Waals surface area contributed by atoms with Crippen LogP contribution in [0.4, 0.5) is 8.78 Å². The van der Waals surface area contributed by atoms with Gasteiger partial charge in [0.05, 0.1) is 6.61 Å². The zero-order chi connectivity index (χ0) is 21.4. The monoisotopic (exact) mass is 430 g/mol. The molecule has 0 saturated carbocycles. The topological polar surface area (TPSA) is 67.8 Å². The average molecular weight is 430 g/mol. The third-order valence-corrected chi connectivity index (χ3v) is 7.01. The molecular weight excluding hydrogens is 410 g/mol. The molecule has 2 aliphatic rings. The Morgan fingerprint density at radius 3 is 2.73 bits per heavy atom. The van der Waals surface area contributed by atoms with Crippen LogP contribution in [-0.4, -0.2) is 35.8 Å². The molecule has 0 aromatic heterocycles. The van der Waals surface area contributed by atoms with E-state index in [1.54, 1.807) is 24.3 Å². The van der Waals surface area contributed by atoms with Crippen molar-refractivity contribution in [2.75, 3.05) is 12.4 Å². The fraction of sp³-hybridized carbons (Fsp3) is 0.318. The van der Waals surface area contributed by atoms with Crippen LogP contribution in [0.15, 0.2) is 53.5 Å². The molecular formula is C22H20F2N2O3S. The summed E-state index contributed by atoms with van der Waals surface area (Å²) in [5, 5.41) is 3.12. The van der Waals surface area contributed by atoms with Gasteiger partial charge >= 0.3 is 0 Å². The lowest BCUT2D eigenvalue weighted by Gasteiger charge is -2.53. The van der Waals surface area contributed by atoms with Gasteiger partial charge < -0.3 is 14.8 Å². The number of thioether (sulfide) groups is 1. The van der Waals surface area contributed by atoms with E-state index in [-0.39, 0.29) is 18.1 Å². The smallest absolute Gasteiger partial charge is 0.257 e. The average Bonchev–Trinajstić information content (AvgIpc) is 2.74. The fourth-order valence-corrected chi connectivity index (χ4v) is 5.25. The molecule has 3 atom stereocenters. The van der Waals surface area contributed by atoms with Gasteiger partial charge in [-0.05, 0) is 24.6 Å². The van der Waals surface area contributed by atoms with Crippen molar-refractivity contribution in [2.45, 2.75) is 25.0 Å². The first-order valence-corrected chi connectivity index (χ1v) is 10.5. The second kappa shape index (κ2) is 7.92. The van der Waals surface area contributed by atoms with Crippen molar-refractivity contribution in [1.82, 2.24) is 5.32 Å². The van der Waals surface area contributed by atoms with Gasteiger partial charge in [-0.25, -0.2) is 13.8 Å². The first-order chi connectivity index (χ1) is 14.4. The van der Waals surface area contributed by atoms with Crippen molar-refractivity contribution < 1.29 is 23.1 Å². The van der Waals surface area contributed by atoms with E-state index in [1.165, 1.54) is 23.9 Å². The number of hydrogen-bond acceptors (Lipinski definition) is 5. The number of nitrogens with one attached hydrogen (secondary N) is 1. The lowest BCUT2D eigenvalue weighted by atomic mass is 9.64. The maximum atomic E-state index is 14.9. The molecule has 2 aromatic rings. The molecule has 8 heteroatoms. The molecule has 4 rings (SSSR count). The minimum atomic E-state index is -1.20. The number of amidine groups is 1. The molecule has 0 unspecified atom stereocenters. The van der Waals surface area contributed by atoms with E-state index in [0.717, 1.165) is 12.4 Å². The highest BCUT2D eigenvalue weighted by Gasteiger charge is 2.57. The molecule has 0 bridgehead atoms. The Morgan fingerprint density at radius 1 is 1.27 bits per heavy atom. The second-order valence-electron chi connectivity index (χ2n) is 7.76. The lowest BCUT2D eigenvalue weighted by molar-refractivity contribution is -0.134. The Bertz CT molecular complexity index is 1020. The Hall–Kier alpha value is -2.58.